The molecule has 1 atom stereocenters. The summed E-state index contributed by atoms with van der Waals surface area (Å²) in [6, 6.07) is 0.297. The number of hydrogen-bond acceptors (Lipinski definition) is 1. The van der Waals surface area contributed by atoms with E-state index in [2.05, 4.69) is 37.0 Å². The van der Waals surface area contributed by atoms with Crippen molar-refractivity contribution in [1.82, 2.24) is 5.32 Å². The summed E-state index contributed by atoms with van der Waals surface area (Å²) in [5.41, 5.74) is 5.96. The van der Waals surface area contributed by atoms with Gasteiger partial charge in [-0.1, -0.05) is 52.4 Å². The molecule has 0 saturated heterocycles. The molecule has 1 aliphatic rings. The highest BCUT2D eigenvalue weighted by Crippen LogP contribution is 2.20. The Morgan fingerprint density at radius 2 is 1.83 bits per heavy atom. The maximum atomic E-state index is 5.97. The predicted molar refractivity (Wildman–Crippen MR) is 78.3 cm³/mol. The van der Waals surface area contributed by atoms with Gasteiger partial charge < -0.3 is 11.1 Å². The van der Waals surface area contributed by atoms with Gasteiger partial charge in [-0.05, 0) is 18.3 Å². The molecule has 1 saturated carbocycles. The van der Waals surface area contributed by atoms with Crippen LogP contribution in [-0.2, 0) is 0 Å². The van der Waals surface area contributed by atoms with E-state index in [9.17, 15) is 0 Å². The van der Waals surface area contributed by atoms with Gasteiger partial charge in [0.2, 0.25) is 0 Å². The van der Waals surface area contributed by atoms with Crippen molar-refractivity contribution in [2.75, 3.05) is 0 Å². The number of rotatable bonds is 2. The molecule has 3 heteroatoms. The Morgan fingerprint density at radius 1 is 1.28 bits per heavy atom. The minimum absolute atomic E-state index is 0.0155. The second-order valence-electron chi connectivity index (χ2n) is 6.27. The lowest BCUT2D eigenvalue weighted by molar-refractivity contribution is 0.351. The molecule has 0 radical (unpaired) electrons. The molecule has 0 aromatic carbocycles. The van der Waals surface area contributed by atoms with Crippen molar-refractivity contribution in [2.45, 2.75) is 71.4 Å². The van der Waals surface area contributed by atoms with Crippen molar-refractivity contribution >= 4 is 5.96 Å². The zero-order valence-electron chi connectivity index (χ0n) is 12.0. The van der Waals surface area contributed by atoms with E-state index in [0.717, 1.165) is 12.8 Å². The van der Waals surface area contributed by atoms with Crippen LogP contribution in [0.25, 0.3) is 0 Å². The second-order valence-corrected chi connectivity index (χ2v) is 6.27. The molecule has 1 aliphatic carbocycles. The Balaban J connectivity index is 2.57. The van der Waals surface area contributed by atoms with Gasteiger partial charge in [-0.2, -0.15) is 0 Å². The van der Waals surface area contributed by atoms with E-state index in [0.29, 0.717) is 12.0 Å². The number of aliphatic imine (C=N–C) groups is 1. The molecule has 0 spiro atoms. The molecular weight excluding hydrogens is 222 g/mol. The average Bonchev–Trinajstić information content (AvgIpc) is 2.52. The molecule has 0 heterocycles. The van der Waals surface area contributed by atoms with Crippen molar-refractivity contribution in [1.29, 1.82) is 0 Å². The number of hydrogen-bond donors (Lipinski definition) is 2. The Labute approximate surface area is 112 Å². The molecule has 0 bridgehead atoms. The molecule has 3 nitrogen and oxygen atoms in total. The first-order chi connectivity index (χ1) is 8.43. The van der Waals surface area contributed by atoms with Gasteiger partial charge in [-0.15, -0.1) is 6.42 Å². The van der Waals surface area contributed by atoms with Crippen molar-refractivity contribution in [3.8, 4) is 12.3 Å². The summed E-state index contributed by atoms with van der Waals surface area (Å²) in [7, 11) is 0. The van der Waals surface area contributed by atoms with Crippen LogP contribution in [0.2, 0.25) is 0 Å². The van der Waals surface area contributed by atoms with Gasteiger partial charge in [0, 0.05) is 0 Å². The minimum Gasteiger partial charge on any atom is -0.370 e. The molecule has 0 aromatic rings. The molecule has 3 N–H and O–H groups in total. The van der Waals surface area contributed by atoms with Gasteiger partial charge in [-0.25, -0.2) is 0 Å². The summed E-state index contributed by atoms with van der Waals surface area (Å²) >= 11 is 0. The van der Waals surface area contributed by atoms with E-state index in [1.165, 1.54) is 25.7 Å². The third-order valence-corrected chi connectivity index (χ3v) is 3.47. The van der Waals surface area contributed by atoms with Gasteiger partial charge in [0.15, 0.2) is 5.96 Å². The highest BCUT2D eigenvalue weighted by molar-refractivity contribution is 5.78. The smallest absolute Gasteiger partial charge is 0.189 e. The first kappa shape index (κ1) is 14.9. The second kappa shape index (κ2) is 6.68. The third-order valence-electron chi connectivity index (χ3n) is 3.47. The molecule has 0 aromatic heterocycles. The fourth-order valence-electron chi connectivity index (χ4n) is 2.28. The van der Waals surface area contributed by atoms with E-state index in [-0.39, 0.29) is 11.5 Å². The van der Waals surface area contributed by atoms with Crippen LogP contribution >= 0.6 is 0 Å². The van der Waals surface area contributed by atoms with Crippen LogP contribution in [0.4, 0.5) is 0 Å². The van der Waals surface area contributed by atoms with Crippen LogP contribution < -0.4 is 11.1 Å². The van der Waals surface area contributed by atoms with Crippen molar-refractivity contribution in [2.24, 2.45) is 16.1 Å². The number of nitrogens with one attached hydrogen (secondary N) is 1. The molecule has 18 heavy (non-hydrogen) atoms. The fourth-order valence-corrected chi connectivity index (χ4v) is 2.28. The number of nitrogens with zero attached hydrogens (tertiary/aromatic N) is 1. The minimum atomic E-state index is -0.0768. The summed E-state index contributed by atoms with van der Waals surface area (Å²) in [5.74, 6) is 3.25. The van der Waals surface area contributed by atoms with Gasteiger partial charge in [-0.3, -0.25) is 4.99 Å². The zero-order chi connectivity index (χ0) is 13.6. The van der Waals surface area contributed by atoms with Gasteiger partial charge in [0.25, 0.3) is 0 Å². The zero-order valence-corrected chi connectivity index (χ0v) is 12.0. The summed E-state index contributed by atoms with van der Waals surface area (Å²) in [6.07, 6.45) is 13.0. The summed E-state index contributed by atoms with van der Waals surface area (Å²) in [6.45, 7) is 6.30. The Hall–Kier alpha value is -1.17. The standard InChI is InChI=1S/C15H27N3/c1-5-13(15(2,3)4)18-14(16)17-12-10-8-6-7-9-11-12/h1,12-13H,6-11H2,2-4H3,(H3,16,17,18). The molecule has 1 unspecified atom stereocenters. The van der Waals surface area contributed by atoms with E-state index in [1.54, 1.807) is 0 Å². The van der Waals surface area contributed by atoms with Gasteiger partial charge in [0.1, 0.15) is 0 Å². The van der Waals surface area contributed by atoms with Crippen LogP contribution in [0.15, 0.2) is 4.99 Å². The monoisotopic (exact) mass is 249 g/mol. The maximum Gasteiger partial charge on any atom is 0.189 e. The SMILES string of the molecule is C#CC(NC(N)=NC1CCCCCC1)C(C)(C)C. The molecule has 0 aliphatic heterocycles. The number of terminal acetylenes is 1. The number of nitrogens with two attached hydrogens (primary N) is 1. The fraction of sp³-hybridized carbons (Fsp3) is 0.800. The van der Waals surface area contributed by atoms with Crippen molar-refractivity contribution in [3.05, 3.63) is 0 Å². The lowest BCUT2D eigenvalue weighted by Crippen LogP contribution is -2.46. The molecule has 0 amide bonds. The normalized spacial score (nSPS) is 20.9. The number of guanidine groups is 1. The maximum absolute atomic E-state index is 5.97. The van der Waals surface area contributed by atoms with Crippen LogP contribution in [0.3, 0.4) is 0 Å². The lowest BCUT2D eigenvalue weighted by atomic mass is 9.87. The Bertz CT molecular complexity index is 312. The first-order valence-electron chi connectivity index (χ1n) is 6.99. The topological polar surface area (TPSA) is 50.4 Å². The highest BCUT2D eigenvalue weighted by atomic mass is 15.1. The summed E-state index contributed by atoms with van der Waals surface area (Å²) in [4.78, 5) is 4.58. The van der Waals surface area contributed by atoms with Crippen LogP contribution in [0.1, 0.15) is 59.3 Å². The summed E-state index contributed by atoms with van der Waals surface area (Å²) < 4.78 is 0. The average molecular weight is 249 g/mol. The van der Waals surface area contributed by atoms with Crippen LogP contribution in [-0.4, -0.2) is 18.0 Å². The molecule has 1 rings (SSSR count). The van der Waals surface area contributed by atoms with Crippen molar-refractivity contribution < 1.29 is 0 Å². The Kier molecular flexibility index (Phi) is 5.53. The van der Waals surface area contributed by atoms with E-state index >= 15 is 0 Å². The van der Waals surface area contributed by atoms with E-state index in [4.69, 9.17) is 12.2 Å². The molecular formula is C15H27N3. The van der Waals surface area contributed by atoms with E-state index in [1.807, 2.05) is 0 Å². The lowest BCUT2D eigenvalue weighted by Gasteiger charge is -2.27. The third kappa shape index (κ3) is 5.00. The first-order valence-corrected chi connectivity index (χ1v) is 6.99. The van der Waals surface area contributed by atoms with Gasteiger partial charge in [0.05, 0.1) is 12.1 Å². The molecule has 1 fully saturated rings. The summed E-state index contributed by atoms with van der Waals surface area (Å²) in [5, 5.41) is 3.17. The largest absolute Gasteiger partial charge is 0.370 e. The van der Waals surface area contributed by atoms with Gasteiger partial charge >= 0.3 is 0 Å². The van der Waals surface area contributed by atoms with Crippen molar-refractivity contribution in [3.63, 3.8) is 0 Å². The predicted octanol–water partition coefficient (Wildman–Crippen LogP) is 2.66. The Morgan fingerprint density at radius 3 is 2.28 bits per heavy atom. The van der Waals surface area contributed by atoms with Crippen LogP contribution in [0, 0.1) is 17.8 Å². The molecule has 102 valence electrons. The van der Waals surface area contributed by atoms with E-state index < -0.39 is 0 Å². The van der Waals surface area contributed by atoms with Crippen LogP contribution in [0.5, 0.6) is 0 Å². The highest BCUT2D eigenvalue weighted by Gasteiger charge is 2.23. The quantitative estimate of drug-likeness (QED) is 0.342.